The van der Waals surface area contributed by atoms with Crippen molar-refractivity contribution in [1.82, 2.24) is 5.32 Å². The number of hydrogen-bond donors (Lipinski definition) is 2. The van der Waals surface area contributed by atoms with Gasteiger partial charge in [-0.15, -0.1) is 6.58 Å². The second-order valence-electron chi connectivity index (χ2n) is 2.72. The molecule has 11 heavy (non-hydrogen) atoms. The van der Waals surface area contributed by atoms with Crippen molar-refractivity contribution in [2.45, 2.75) is 32.4 Å². The predicted molar refractivity (Wildman–Crippen MR) is 46.1 cm³/mol. The average molecular weight is 156 g/mol. The van der Waals surface area contributed by atoms with Crippen LogP contribution in [0.4, 0.5) is 0 Å². The molecule has 0 fully saturated rings. The fraction of sp³-hybridized carbons (Fsp3) is 0.625. The lowest BCUT2D eigenvalue weighted by Gasteiger charge is -2.13. The van der Waals surface area contributed by atoms with E-state index in [2.05, 4.69) is 11.9 Å². The monoisotopic (exact) mass is 156 g/mol. The van der Waals surface area contributed by atoms with E-state index in [-0.39, 0.29) is 11.9 Å². The third kappa shape index (κ3) is 4.56. The molecular weight excluding hydrogens is 140 g/mol. The van der Waals surface area contributed by atoms with Crippen LogP contribution in [-0.2, 0) is 4.79 Å². The van der Waals surface area contributed by atoms with Gasteiger partial charge in [0.05, 0.1) is 6.04 Å². The van der Waals surface area contributed by atoms with Gasteiger partial charge in [-0.3, -0.25) is 4.79 Å². The first-order chi connectivity index (χ1) is 5.07. The van der Waals surface area contributed by atoms with Gasteiger partial charge in [0.15, 0.2) is 0 Å². The Hall–Kier alpha value is -0.830. The van der Waals surface area contributed by atoms with Gasteiger partial charge in [0.25, 0.3) is 0 Å². The lowest BCUT2D eigenvalue weighted by molar-refractivity contribution is -0.122. The van der Waals surface area contributed by atoms with E-state index in [0.29, 0.717) is 0 Å². The summed E-state index contributed by atoms with van der Waals surface area (Å²) in [4.78, 5) is 11.0. The lowest BCUT2D eigenvalue weighted by Crippen LogP contribution is -2.42. The summed E-state index contributed by atoms with van der Waals surface area (Å²) in [7, 11) is 0. The summed E-state index contributed by atoms with van der Waals surface area (Å²) in [5.74, 6) is -0.112. The van der Waals surface area contributed by atoms with E-state index in [4.69, 9.17) is 5.73 Å². The van der Waals surface area contributed by atoms with E-state index in [1.165, 1.54) is 0 Å². The fourth-order valence-corrected chi connectivity index (χ4v) is 0.683. The van der Waals surface area contributed by atoms with E-state index in [1.807, 2.05) is 6.92 Å². The summed E-state index contributed by atoms with van der Waals surface area (Å²) < 4.78 is 0. The van der Waals surface area contributed by atoms with Crippen molar-refractivity contribution in [1.29, 1.82) is 0 Å². The molecule has 0 spiro atoms. The van der Waals surface area contributed by atoms with E-state index in [9.17, 15) is 4.79 Å². The average Bonchev–Trinajstić information content (AvgIpc) is 1.87. The molecule has 0 heterocycles. The van der Waals surface area contributed by atoms with Gasteiger partial charge in [0.2, 0.25) is 5.91 Å². The van der Waals surface area contributed by atoms with Crippen LogP contribution >= 0.6 is 0 Å². The van der Waals surface area contributed by atoms with Gasteiger partial charge < -0.3 is 11.1 Å². The Morgan fingerprint density at radius 2 is 2.27 bits per heavy atom. The zero-order valence-electron chi connectivity index (χ0n) is 7.13. The highest BCUT2D eigenvalue weighted by molar-refractivity contribution is 5.81. The van der Waals surface area contributed by atoms with Crippen LogP contribution in [0.3, 0.4) is 0 Å². The number of carbonyl (C=O) groups excluding carboxylic acids is 1. The molecule has 0 saturated carbocycles. The van der Waals surface area contributed by atoms with Gasteiger partial charge in [0.1, 0.15) is 0 Å². The second kappa shape index (κ2) is 4.91. The van der Waals surface area contributed by atoms with E-state index < -0.39 is 6.04 Å². The van der Waals surface area contributed by atoms with Gasteiger partial charge in [-0.1, -0.05) is 6.08 Å². The Kier molecular flexibility index (Phi) is 4.54. The molecule has 1 amide bonds. The Balaban J connectivity index is 3.65. The minimum Gasteiger partial charge on any atom is -0.352 e. The number of hydrogen-bond acceptors (Lipinski definition) is 2. The quantitative estimate of drug-likeness (QED) is 0.579. The second-order valence-corrected chi connectivity index (χ2v) is 2.72. The van der Waals surface area contributed by atoms with Crippen molar-refractivity contribution in [3.63, 3.8) is 0 Å². The first-order valence-corrected chi connectivity index (χ1v) is 3.74. The molecular formula is C8H16N2O. The largest absolute Gasteiger partial charge is 0.352 e. The van der Waals surface area contributed by atoms with Crippen molar-refractivity contribution in [2.75, 3.05) is 0 Å². The molecule has 3 N–H and O–H groups in total. The summed E-state index contributed by atoms with van der Waals surface area (Å²) >= 11 is 0. The highest BCUT2D eigenvalue weighted by Crippen LogP contribution is 1.90. The van der Waals surface area contributed by atoms with Gasteiger partial charge in [-0.2, -0.15) is 0 Å². The van der Waals surface area contributed by atoms with Crippen LogP contribution in [-0.4, -0.2) is 18.0 Å². The Labute approximate surface area is 67.7 Å². The number of nitrogens with one attached hydrogen (secondary N) is 1. The van der Waals surface area contributed by atoms with E-state index in [1.54, 1.807) is 13.0 Å². The van der Waals surface area contributed by atoms with Crippen molar-refractivity contribution >= 4 is 5.91 Å². The van der Waals surface area contributed by atoms with Crippen LogP contribution in [0.25, 0.3) is 0 Å². The molecule has 0 aromatic carbocycles. The highest BCUT2D eigenvalue weighted by Gasteiger charge is 2.08. The number of nitrogens with two attached hydrogens (primary N) is 1. The van der Waals surface area contributed by atoms with E-state index in [0.717, 1.165) is 6.42 Å². The molecule has 0 aliphatic heterocycles. The number of amides is 1. The third-order valence-electron chi connectivity index (χ3n) is 1.32. The molecule has 0 bridgehead atoms. The molecule has 64 valence electrons. The SMILES string of the molecule is C=CCC(C)NC(=O)[C@@H](C)N. The zero-order chi connectivity index (χ0) is 8.85. The molecule has 3 heteroatoms. The lowest BCUT2D eigenvalue weighted by atomic mass is 10.2. The summed E-state index contributed by atoms with van der Waals surface area (Å²) in [5, 5.41) is 2.75. The number of rotatable bonds is 4. The summed E-state index contributed by atoms with van der Waals surface area (Å²) in [6.45, 7) is 7.15. The van der Waals surface area contributed by atoms with Crippen LogP contribution < -0.4 is 11.1 Å². The van der Waals surface area contributed by atoms with Crippen LogP contribution in [0.1, 0.15) is 20.3 Å². The summed E-state index contributed by atoms with van der Waals surface area (Å²) in [5.41, 5.74) is 5.34. The van der Waals surface area contributed by atoms with E-state index >= 15 is 0 Å². The van der Waals surface area contributed by atoms with Gasteiger partial charge in [-0.25, -0.2) is 0 Å². The summed E-state index contributed by atoms with van der Waals surface area (Å²) in [6.07, 6.45) is 2.55. The molecule has 0 aromatic heterocycles. The maximum Gasteiger partial charge on any atom is 0.236 e. The number of carbonyl (C=O) groups is 1. The molecule has 0 saturated heterocycles. The normalized spacial score (nSPS) is 15.2. The topological polar surface area (TPSA) is 55.1 Å². The first-order valence-electron chi connectivity index (χ1n) is 3.74. The summed E-state index contributed by atoms with van der Waals surface area (Å²) in [6, 6.07) is -0.298. The van der Waals surface area contributed by atoms with Gasteiger partial charge >= 0.3 is 0 Å². The van der Waals surface area contributed by atoms with Crippen LogP contribution in [0, 0.1) is 0 Å². The Bertz CT molecular complexity index is 143. The molecule has 0 radical (unpaired) electrons. The first kappa shape index (κ1) is 10.2. The van der Waals surface area contributed by atoms with Crippen molar-refractivity contribution in [3.8, 4) is 0 Å². The Morgan fingerprint density at radius 3 is 2.64 bits per heavy atom. The fourth-order valence-electron chi connectivity index (χ4n) is 0.683. The van der Waals surface area contributed by atoms with Crippen molar-refractivity contribution < 1.29 is 4.79 Å². The van der Waals surface area contributed by atoms with Crippen molar-refractivity contribution in [2.24, 2.45) is 5.73 Å². The molecule has 0 aliphatic carbocycles. The third-order valence-corrected chi connectivity index (χ3v) is 1.32. The van der Waals surface area contributed by atoms with Crippen LogP contribution in [0.2, 0.25) is 0 Å². The van der Waals surface area contributed by atoms with Gasteiger partial charge in [0, 0.05) is 6.04 Å². The minimum absolute atomic E-state index is 0.112. The molecule has 0 rings (SSSR count). The van der Waals surface area contributed by atoms with Crippen molar-refractivity contribution in [3.05, 3.63) is 12.7 Å². The zero-order valence-corrected chi connectivity index (χ0v) is 7.13. The highest BCUT2D eigenvalue weighted by atomic mass is 16.2. The standard InChI is InChI=1S/C8H16N2O/c1-4-5-6(2)10-8(11)7(3)9/h4,6-7H,1,5,9H2,2-3H3,(H,10,11)/t6?,7-/m1/s1. The molecule has 1 unspecified atom stereocenters. The smallest absolute Gasteiger partial charge is 0.236 e. The van der Waals surface area contributed by atoms with Gasteiger partial charge in [-0.05, 0) is 20.3 Å². The molecule has 2 atom stereocenters. The molecule has 0 aromatic rings. The Morgan fingerprint density at radius 1 is 1.73 bits per heavy atom. The maximum absolute atomic E-state index is 11.0. The molecule has 3 nitrogen and oxygen atoms in total. The van der Waals surface area contributed by atoms with Crippen LogP contribution in [0.5, 0.6) is 0 Å². The maximum atomic E-state index is 11.0. The minimum atomic E-state index is -0.428. The predicted octanol–water partition coefficient (Wildman–Crippen LogP) is 0.414. The molecule has 0 aliphatic rings. The van der Waals surface area contributed by atoms with Crippen LogP contribution in [0.15, 0.2) is 12.7 Å².